The van der Waals surface area contributed by atoms with Crippen LogP contribution in [0.25, 0.3) is 72.2 Å². The molecule has 5 nitrogen and oxygen atoms in total. The van der Waals surface area contributed by atoms with Gasteiger partial charge in [-0.05, 0) is 63.1 Å². The Morgan fingerprint density at radius 3 is 2.04 bits per heavy atom. The second-order valence-corrected chi connectivity index (χ2v) is 12.9. The molecule has 0 spiro atoms. The highest BCUT2D eigenvalue weighted by Crippen LogP contribution is 2.50. The van der Waals surface area contributed by atoms with E-state index in [9.17, 15) is 10.0 Å². The summed E-state index contributed by atoms with van der Waals surface area (Å²) in [5.41, 5.74) is 12.1. The number of rotatable bonds is 4. The molecule has 47 heavy (non-hydrogen) atoms. The van der Waals surface area contributed by atoms with E-state index in [1.165, 1.54) is 27.8 Å². The summed E-state index contributed by atoms with van der Waals surface area (Å²) in [6, 6.07) is 45.8. The summed E-state index contributed by atoms with van der Waals surface area (Å²) < 4.78 is 2.13. The minimum absolute atomic E-state index is 0.179. The first-order valence-electron chi connectivity index (χ1n) is 15.9. The molecule has 0 bridgehead atoms. The predicted octanol–water partition coefficient (Wildman–Crippen LogP) is 8.05. The van der Waals surface area contributed by atoms with Crippen LogP contribution in [-0.2, 0) is 5.41 Å². The molecule has 6 aromatic carbocycles. The van der Waals surface area contributed by atoms with Gasteiger partial charge in [0, 0.05) is 27.1 Å². The number of benzene rings is 6. The van der Waals surface area contributed by atoms with Gasteiger partial charge in [-0.1, -0.05) is 123 Å². The van der Waals surface area contributed by atoms with Crippen LogP contribution in [0.2, 0.25) is 0 Å². The summed E-state index contributed by atoms with van der Waals surface area (Å²) in [5.74, 6) is 0.564. The quantitative estimate of drug-likeness (QED) is 0.199. The van der Waals surface area contributed by atoms with Gasteiger partial charge in [-0.3, -0.25) is 4.57 Å². The van der Waals surface area contributed by atoms with Crippen molar-refractivity contribution in [2.24, 2.45) is 0 Å². The topological polar surface area (TPSA) is 71.2 Å². The fraction of sp³-hybridized carbons (Fsp3) is 0.0732. The Morgan fingerprint density at radius 1 is 0.553 bits per heavy atom. The van der Waals surface area contributed by atoms with Gasteiger partial charge in [0.15, 0.2) is 0 Å². The van der Waals surface area contributed by atoms with E-state index >= 15 is 0 Å². The zero-order valence-electron chi connectivity index (χ0n) is 26.0. The van der Waals surface area contributed by atoms with Crippen molar-refractivity contribution in [2.75, 3.05) is 0 Å². The van der Waals surface area contributed by atoms with Crippen LogP contribution in [0.1, 0.15) is 25.0 Å². The highest BCUT2D eigenvalue weighted by Gasteiger charge is 2.36. The second-order valence-electron chi connectivity index (χ2n) is 12.9. The molecular formula is C41H30BN3O2. The Kier molecular flexibility index (Phi) is 6.03. The number of nitrogens with zero attached hydrogens (tertiary/aromatic N) is 3. The van der Waals surface area contributed by atoms with Gasteiger partial charge in [-0.25, -0.2) is 9.97 Å². The fourth-order valence-corrected chi connectivity index (χ4v) is 7.44. The van der Waals surface area contributed by atoms with Crippen molar-refractivity contribution in [1.29, 1.82) is 0 Å². The molecule has 0 amide bonds. The summed E-state index contributed by atoms with van der Waals surface area (Å²) in [5, 5.41) is 23.2. The molecule has 8 aromatic rings. The first kappa shape index (κ1) is 27.7. The molecule has 1 aliphatic rings. The Balaban J connectivity index is 1.32. The summed E-state index contributed by atoms with van der Waals surface area (Å²) in [6.45, 7) is 4.54. The van der Waals surface area contributed by atoms with Gasteiger partial charge in [0.1, 0.15) is 0 Å². The van der Waals surface area contributed by atoms with Gasteiger partial charge in [0.2, 0.25) is 5.95 Å². The average molecular weight is 608 g/mol. The van der Waals surface area contributed by atoms with Crippen molar-refractivity contribution >= 4 is 45.3 Å². The molecule has 224 valence electrons. The lowest BCUT2D eigenvalue weighted by atomic mass is 9.79. The van der Waals surface area contributed by atoms with Crippen LogP contribution < -0.4 is 5.46 Å². The van der Waals surface area contributed by atoms with E-state index in [2.05, 4.69) is 109 Å². The molecular weight excluding hydrogens is 577 g/mol. The third-order valence-electron chi connectivity index (χ3n) is 9.85. The lowest BCUT2D eigenvalue weighted by Crippen LogP contribution is -2.29. The van der Waals surface area contributed by atoms with Gasteiger partial charge >= 0.3 is 7.12 Å². The standard InChI is InChI=1S/C41H30BN3O2/c1-41(2)34-14-8-6-12-29(34)31-24-38-33(23-35(31)41)32-22-28(42(46)47)20-21-37(32)45(38)40-43-36-15-9-7-13-30(36)39(44-40)27-18-16-26(17-19-27)25-10-4-3-5-11-25/h3-24,46-47H,1-2H3. The van der Waals surface area contributed by atoms with Gasteiger partial charge in [-0.2, -0.15) is 0 Å². The molecule has 2 heterocycles. The molecule has 0 saturated heterocycles. The minimum Gasteiger partial charge on any atom is -0.423 e. The second kappa shape index (κ2) is 10.2. The van der Waals surface area contributed by atoms with E-state index in [0.717, 1.165) is 49.5 Å². The van der Waals surface area contributed by atoms with Gasteiger partial charge < -0.3 is 10.0 Å². The molecule has 2 N–H and O–H groups in total. The van der Waals surface area contributed by atoms with Crippen molar-refractivity contribution in [1.82, 2.24) is 14.5 Å². The molecule has 6 heteroatoms. The largest absolute Gasteiger partial charge is 0.488 e. The van der Waals surface area contributed by atoms with Crippen molar-refractivity contribution < 1.29 is 10.0 Å². The Morgan fingerprint density at radius 2 is 1.23 bits per heavy atom. The molecule has 0 atom stereocenters. The van der Waals surface area contributed by atoms with E-state index in [1.807, 2.05) is 36.4 Å². The molecule has 0 aliphatic heterocycles. The number of aromatic nitrogens is 3. The van der Waals surface area contributed by atoms with Crippen LogP contribution in [0, 0.1) is 0 Å². The molecule has 2 aromatic heterocycles. The monoisotopic (exact) mass is 607 g/mol. The van der Waals surface area contributed by atoms with Crippen molar-refractivity contribution in [3.63, 3.8) is 0 Å². The summed E-state index contributed by atoms with van der Waals surface area (Å²) >= 11 is 0. The maximum Gasteiger partial charge on any atom is 0.488 e. The first-order chi connectivity index (χ1) is 22.9. The van der Waals surface area contributed by atoms with Crippen LogP contribution in [-0.4, -0.2) is 31.7 Å². The third-order valence-corrected chi connectivity index (χ3v) is 9.85. The van der Waals surface area contributed by atoms with Crippen LogP contribution in [0.15, 0.2) is 133 Å². The number of hydrogen-bond acceptors (Lipinski definition) is 4. The van der Waals surface area contributed by atoms with Crippen molar-refractivity contribution in [2.45, 2.75) is 19.3 Å². The SMILES string of the molecule is CC1(C)c2ccccc2-c2cc3c(cc21)c1cc(B(O)O)ccc1n3-c1nc(-c2ccc(-c3ccccc3)cc2)c2ccccc2n1. The highest BCUT2D eigenvalue weighted by atomic mass is 16.4. The van der Waals surface area contributed by atoms with Crippen molar-refractivity contribution in [3.05, 3.63) is 145 Å². The number of para-hydroxylation sites is 1. The van der Waals surface area contributed by atoms with Crippen LogP contribution >= 0.6 is 0 Å². The first-order valence-corrected chi connectivity index (χ1v) is 15.9. The van der Waals surface area contributed by atoms with E-state index in [4.69, 9.17) is 9.97 Å². The third kappa shape index (κ3) is 4.19. The molecule has 0 fully saturated rings. The summed E-state index contributed by atoms with van der Waals surface area (Å²) in [7, 11) is -1.57. The minimum atomic E-state index is -1.57. The average Bonchev–Trinajstić information content (AvgIpc) is 3.55. The smallest absolute Gasteiger partial charge is 0.423 e. The van der Waals surface area contributed by atoms with Crippen molar-refractivity contribution in [3.8, 4) is 39.5 Å². The molecule has 0 unspecified atom stereocenters. The van der Waals surface area contributed by atoms with Gasteiger partial charge in [-0.15, -0.1) is 0 Å². The Hall–Kier alpha value is -5.56. The van der Waals surface area contributed by atoms with Crippen LogP contribution in [0.5, 0.6) is 0 Å². The van der Waals surface area contributed by atoms with E-state index in [1.54, 1.807) is 6.07 Å². The normalized spacial score (nSPS) is 13.3. The van der Waals surface area contributed by atoms with Crippen LogP contribution in [0.3, 0.4) is 0 Å². The zero-order chi connectivity index (χ0) is 31.9. The van der Waals surface area contributed by atoms with Gasteiger partial charge in [0.25, 0.3) is 0 Å². The number of hydrogen-bond donors (Lipinski definition) is 2. The lowest BCUT2D eigenvalue weighted by Gasteiger charge is -2.21. The summed E-state index contributed by atoms with van der Waals surface area (Å²) in [6.07, 6.45) is 0. The fourth-order valence-electron chi connectivity index (χ4n) is 7.44. The maximum absolute atomic E-state index is 10.1. The Labute approximate surface area is 272 Å². The van der Waals surface area contributed by atoms with E-state index in [0.29, 0.717) is 11.4 Å². The van der Waals surface area contributed by atoms with Crippen LogP contribution in [0.4, 0.5) is 0 Å². The predicted molar refractivity (Wildman–Crippen MR) is 192 cm³/mol. The number of fused-ring (bicyclic) bond motifs is 7. The van der Waals surface area contributed by atoms with Gasteiger partial charge in [0.05, 0.1) is 22.2 Å². The molecule has 0 saturated carbocycles. The Bertz CT molecular complexity index is 2520. The van der Waals surface area contributed by atoms with E-state index < -0.39 is 7.12 Å². The molecule has 1 aliphatic carbocycles. The maximum atomic E-state index is 10.1. The molecule has 0 radical (unpaired) electrons. The highest BCUT2D eigenvalue weighted by molar-refractivity contribution is 6.59. The molecule has 9 rings (SSSR count). The lowest BCUT2D eigenvalue weighted by molar-refractivity contribution is 0.426. The summed E-state index contributed by atoms with van der Waals surface area (Å²) in [4.78, 5) is 10.4. The zero-order valence-corrected chi connectivity index (χ0v) is 26.0. The van der Waals surface area contributed by atoms with E-state index in [-0.39, 0.29) is 5.41 Å².